The Bertz CT molecular complexity index is 324. The van der Waals surface area contributed by atoms with Crippen molar-refractivity contribution in [2.24, 2.45) is 5.41 Å². The summed E-state index contributed by atoms with van der Waals surface area (Å²) in [7, 11) is -4.50. The summed E-state index contributed by atoms with van der Waals surface area (Å²) >= 11 is 0. The molecule has 0 aliphatic rings. The van der Waals surface area contributed by atoms with Crippen LogP contribution in [0.25, 0.3) is 0 Å². The third-order valence-corrected chi connectivity index (χ3v) is 2.13. The zero-order chi connectivity index (χ0) is 13.7. The molecule has 0 saturated heterocycles. The molecule has 0 bridgehead atoms. The van der Waals surface area contributed by atoms with Crippen molar-refractivity contribution in [2.45, 2.75) is 27.2 Å². The Labute approximate surface area is 101 Å². The number of ether oxygens (including phenoxy) is 1. The summed E-state index contributed by atoms with van der Waals surface area (Å²) in [5.41, 5.74) is 0.257. The van der Waals surface area contributed by atoms with Gasteiger partial charge in [-0.1, -0.05) is 27.4 Å². The molecule has 6 nitrogen and oxygen atoms in total. The van der Waals surface area contributed by atoms with Gasteiger partial charge in [0.1, 0.15) is 6.61 Å². The summed E-state index contributed by atoms with van der Waals surface area (Å²) < 4.78 is 19.2. The van der Waals surface area contributed by atoms with Gasteiger partial charge in [0, 0.05) is 5.57 Å². The molecule has 0 fully saturated rings. The number of phosphoric acid groups is 1. The topological polar surface area (TPSA) is 93.1 Å². The minimum absolute atomic E-state index is 0.0709. The van der Waals surface area contributed by atoms with Crippen molar-refractivity contribution < 1.29 is 28.4 Å². The van der Waals surface area contributed by atoms with Crippen molar-refractivity contribution >= 4 is 13.8 Å². The van der Waals surface area contributed by atoms with Crippen LogP contribution in [0.3, 0.4) is 0 Å². The van der Waals surface area contributed by atoms with Crippen LogP contribution in [0, 0.1) is 5.41 Å². The smallest absolute Gasteiger partial charge is 0.460 e. The van der Waals surface area contributed by atoms with Crippen molar-refractivity contribution in [1.82, 2.24) is 0 Å². The third kappa shape index (κ3) is 10.2. The molecule has 0 aliphatic carbocycles. The monoisotopic (exact) mass is 266 g/mol. The maximum Gasteiger partial charge on any atom is 0.469 e. The number of hydrogen-bond acceptors (Lipinski definition) is 4. The average molecular weight is 266 g/mol. The second-order valence-electron chi connectivity index (χ2n) is 4.80. The van der Waals surface area contributed by atoms with Crippen LogP contribution in [0.4, 0.5) is 0 Å². The van der Waals surface area contributed by atoms with Crippen molar-refractivity contribution in [3.8, 4) is 0 Å². The van der Waals surface area contributed by atoms with Crippen LogP contribution in [-0.4, -0.2) is 29.0 Å². The fraction of sp³-hybridized carbons (Fsp3) is 0.700. The van der Waals surface area contributed by atoms with Crippen molar-refractivity contribution in [3.63, 3.8) is 0 Å². The Kier molecular flexibility index (Phi) is 6.05. The lowest BCUT2D eigenvalue weighted by molar-refractivity contribution is -0.140. The molecular weight excluding hydrogens is 247 g/mol. The molecule has 0 aromatic heterocycles. The number of hydrogen-bond donors (Lipinski definition) is 2. The minimum Gasteiger partial charge on any atom is -0.460 e. The van der Waals surface area contributed by atoms with Crippen molar-refractivity contribution in [1.29, 1.82) is 0 Å². The van der Waals surface area contributed by atoms with Gasteiger partial charge in [0.05, 0.1) is 6.61 Å². The second-order valence-corrected chi connectivity index (χ2v) is 6.04. The highest BCUT2D eigenvalue weighted by molar-refractivity contribution is 7.46. The molecule has 0 heterocycles. The Morgan fingerprint density at radius 3 is 2.24 bits per heavy atom. The van der Waals surface area contributed by atoms with Crippen LogP contribution in [0.1, 0.15) is 27.2 Å². The van der Waals surface area contributed by atoms with E-state index in [1.54, 1.807) is 0 Å². The first-order valence-electron chi connectivity index (χ1n) is 5.06. The highest BCUT2D eigenvalue weighted by Gasteiger charge is 2.18. The molecule has 0 atom stereocenters. The summed E-state index contributed by atoms with van der Waals surface area (Å²) in [5.74, 6) is -0.575. The molecule has 0 unspecified atom stereocenters. The predicted molar refractivity (Wildman–Crippen MR) is 62.2 cm³/mol. The molecule has 17 heavy (non-hydrogen) atoms. The molecule has 0 amide bonds. The van der Waals surface area contributed by atoms with E-state index in [1.807, 2.05) is 20.8 Å². The molecule has 0 spiro atoms. The quantitative estimate of drug-likeness (QED) is 0.328. The van der Waals surface area contributed by atoms with E-state index < -0.39 is 13.8 Å². The van der Waals surface area contributed by atoms with Gasteiger partial charge >= 0.3 is 13.8 Å². The number of rotatable bonds is 6. The molecule has 2 N–H and O–H groups in total. The summed E-state index contributed by atoms with van der Waals surface area (Å²) in [4.78, 5) is 28.1. The van der Waals surface area contributed by atoms with Crippen LogP contribution < -0.4 is 0 Å². The molecule has 0 saturated carbocycles. The molecular formula is C10H19O6P. The Morgan fingerprint density at radius 2 is 1.82 bits per heavy atom. The Hall–Kier alpha value is -0.680. The van der Waals surface area contributed by atoms with Crippen LogP contribution in [0.2, 0.25) is 0 Å². The highest BCUT2D eigenvalue weighted by Crippen LogP contribution is 2.35. The van der Waals surface area contributed by atoms with Crippen LogP contribution in [0.15, 0.2) is 12.2 Å². The Morgan fingerprint density at radius 1 is 1.29 bits per heavy atom. The van der Waals surface area contributed by atoms with Crippen LogP contribution >= 0.6 is 7.82 Å². The molecule has 0 aromatic carbocycles. The van der Waals surface area contributed by atoms with Crippen LogP contribution in [0.5, 0.6) is 0 Å². The normalized spacial score (nSPS) is 12.3. The zero-order valence-corrected chi connectivity index (χ0v) is 11.2. The lowest BCUT2D eigenvalue weighted by atomic mass is 9.88. The summed E-state index contributed by atoms with van der Waals surface area (Å²) in [6.07, 6.45) is 0.491. The minimum atomic E-state index is -4.50. The van der Waals surface area contributed by atoms with Gasteiger partial charge in [-0.2, -0.15) is 0 Å². The first kappa shape index (κ1) is 16.3. The van der Waals surface area contributed by atoms with E-state index in [2.05, 4.69) is 11.1 Å². The van der Waals surface area contributed by atoms with E-state index in [-0.39, 0.29) is 18.6 Å². The van der Waals surface area contributed by atoms with Gasteiger partial charge in [0.2, 0.25) is 0 Å². The third-order valence-electron chi connectivity index (χ3n) is 1.61. The van der Waals surface area contributed by atoms with E-state index in [1.165, 1.54) is 0 Å². The van der Waals surface area contributed by atoms with E-state index >= 15 is 0 Å². The Balaban J connectivity index is 3.88. The predicted octanol–water partition coefficient (Wildman–Crippen LogP) is 1.63. The van der Waals surface area contributed by atoms with Gasteiger partial charge in [-0.3, -0.25) is 4.52 Å². The summed E-state index contributed by atoms with van der Waals surface area (Å²) in [5, 5.41) is 0. The van der Waals surface area contributed by atoms with Crippen LogP contribution in [-0.2, 0) is 18.6 Å². The van der Waals surface area contributed by atoms with Gasteiger partial charge in [-0.15, -0.1) is 0 Å². The fourth-order valence-electron chi connectivity index (χ4n) is 1.10. The maximum atomic E-state index is 11.4. The second kappa shape index (κ2) is 6.31. The average Bonchev–Trinajstić information content (AvgIpc) is 2.07. The van der Waals surface area contributed by atoms with Crippen molar-refractivity contribution in [2.75, 3.05) is 13.2 Å². The molecule has 0 radical (unpaired) electrons. The highest BCUT2D eigenvalue weighted by atomic mass is 31.2. The number of carbonyl (C=O) groups excluding carboxylic acids is 1. The zero-order valence-electron chi connectivity index (χ0n) is 10.3. The lowest BCUT2D eigenvalue weighted by Crippen LogP contribution is -2.16. The van der Waals surface area contributed by atoms with E-state index in [4.69, 9.17) is 14.5 Å². The molecule has 0 aromatic rings. The summed E-state index contributed by atoms with van der Waals surface area (Å²) in [6, 6.07) is 0. The molecule has 0 rings (SSSR count). The van der Waals surface area contributed by atoms with E-state index in [9.17, 15) is 9.36 Å². The molecule has 100 valence electrons. The number of carbonyl (C=O) groups is 1. The van der Waals surface area contributed by atoms with Gasteiger partial charge < -0.3 is 14.5 Å². The van der Waals surface area contributed by atoms with E-state index in [0.29, 0.717) is 12.0 Å². The van der Waals surface area contributed by atoms with E-state index in [0.717, 1.165) is 0 Å². The van der Waals surface area contributed by atoms with Gasteiger partial charge in [-0.05, 0) is 11.8 Å². The molecule has 0 aliphatic heterocycles. The van der Waals surface area contributed by atoms with Gasteiger partial charge in [0.15, 0.2) is 0 Å². The number of phosphoric ester groups is 1. The summed E-state index contributed by atoms with van der Waals surface area (Å²) in [6.45, 7) is 8.92. The molecule has 7 heteroatoms. The maximum absolute atomic E-state index is 11.4. The van der Waals surface area contributed by atoms with Crippen molar-refractivity contribution in [3.05, 3.63) is 12.2 Å². The SMILES string of the molecule is C=C(CC(C)(C)C)C(=O)OCCOP(=O)(O)O. The fourth-order valence-corrected chi connectivity index (χ4v) is 1.42. The van der Waals surface area contributed by atoms with Gasteiger partial charge in [-0.25, -0.2) is 9.36 Å². The lowest BCUT2D eigenvalue weighted by Gasteiger charge is -2.18. The first-order chi connectivity index (χ1) is 7.51. The largest absolute Gasteiger partial charge is 0.469 e. The van der Waals surface area contributed by atoms with Gasteiger partial charge in [0.25, 0.3) is 0 Å². The first-order valence-corrected chi connectivity index (χ1v) is 6.59. The standard InChI is InChI=1S/C10H19O6P/c1-8(7-10(2,3)4)9(11)15-5-6-16-17(12,13)14/h1,5-7H2,2-4H3,(H2,12,13,14). The number of esters is 1.